The number of hydrogen-bond acceptors (Lipinski definition) is 5. The molecule has 0 radical (unpaired) electrons. The lowest BCUT2D eigenvalue weighted by Gasteiger charge is -2.29. The van der Waals surface area contributed by atoms with Gasteiger partial charge < -0.3 is 10.1 Å². The van der Waals surface area contributed by atoms with Crippen LogP contribution in [0.3, 0.4) is 0 Å². The first-order chi connectivity index (χ1) is 12.1. The van der Waals surface area contributed by atoms with Gasteiger partial charge in [-0.05, 0) is 50.7 Å². The van der Waals surface area contributed by atoms with Crippen molar-refractivity contribution >= 4 is 16.9 Å². The SMILES string of the molecule is CN(Cc1cnc2ccccc2c1)CC1CC2(CCNCC2)C(=O)O1. The molecule has 132 valence electrons. The number of fused-ring (bicyclic) bond motifs is 1. The molecule has 2 saturated heterocycles. The maximum absolute atomic E-state index is 12.4. The van der Waals surface area contributed by atoms with Crippen molar-refractivity contribution in [2.75, 3.05) is 26.7 Å². The molecule has 25 heavy (non-hydrogen) atoms. The Kier molecular flexibility index (Phi) is 4.44. The summed E-state index contributed by atoms with van der Waals surface area (Å²) in [5.41, 5.74) is 1.97. The summed E-state index contributed by atoms with van der Waals surface area (Å²) in [6.07, 6.45) is 4.60. The highest BCUT2D eigenvalue weighted by Gasteiger charge is 2.49. The fourth-order valence-corrected chi connectivity index (χ4v) is 4.18. The van der Waals surface area contributed by atoms with E-state index < -0.39 is 0 Å². The number of nitrogens with one attached hydrogen (secondary N) is 1. The van der Waals surface area contributed by atoms with Crippen molar-refractivity contribution in [2.24, 2.45) is 5.41 Å². The second kappa shape index (κ2) is 6.73. The summed E-state index contributed by atoms with van der Waals surface area (Å²) >= 11 is 0. The second-order valence-electron chi connectivity index (χ2n) is 7.49. The van der Waals surface area contributed by atoms with Crippen molar-refractivity contribution in [3.05, 3.63) is 42.1 Å². The third-order valence-electron chi connectivity index (χ3n) is 5.50. The summed E-state index contributed by atoms with van der Waals surface area (Å²) in [6.45, 7) is 3.41. The number of esters is 1. The van der Waals surface area contributed by atoms with E-state index in [1.54, 1.807) is 0 Å². The maximum atomic E-state index is 12.4. The zero-order valence-electron chi connectivity index (χ0n) is 14.7. The number of ether oxygens (including phenoxy) is 1. The summed E-state index contributed by atoms with van der Waals surface area (Å²) < 4.78 is 5.71. The van der Waals surface area contributed by atoms with Gasteiger partial charge in [-0.15, -0.1) is 0 Å². The predicted octanol–water partition coefficient (Wildman–Crippen LogP) is 2.35. The van der Waals surface area contributed by atoms with Crippen LogP contribution in [0.1, 0.15) is 24.8 Å². The van der Waals surface area contributed by atoms with Crippen molar-refractivity contribution < 1.29 is 9.53 Å². The van der Waals surface area contributed by atoms with E-state index >= 15 is 0 Å². The van der Waals surface area contributed by atoms with Crippen LogP contribution in [0.5, 0.6) is 0 Å². The monoisotopic (exact) mass is 339 g/mol. The zero-order valence-corrected chi connectivity index (χ0v) is 14.7. The van der Waals surface area contributed by atoms with Crippen LogP contribution in [0, 0.1) is 5.41 Å². The van der Waals surface area contributed by atoms with E-state index in [0.717, 1.165) is 56.3 Å². The van der Waals surface area contributed by atoms with Gasteiger partial charge in [0.15, 0.2) is 0 Å². The summed E-state index contributed by atoms with van der Waals surface area (Å²) in [5, 5.41) is 4.50. The van der Waals surface area contributed by atoms with E-state index in [1.807, 2.05) is 24.4 Å². The van der Waals surface area contributed by atoms with Gasteiger partial charge in [0, 0.05) is 31.1 Å². The molecular weight excluding hydrogens is 314 g/mol. The van der Waals surface area contributed by atoms with Crippen molar-refractivity contribution in [2.45, 2.75) is 31.9 Å². The number of likely N-dealkylation sites (N-methyl/N-ethyl adjacent to an activating group) is 1. The molecule has 0 bridgehead atoms. The summed E-state index contributed by atoms with van der Waals surface area (Å²) in [5.74, 6) is 0.0137. The average molecular weight is 339 g/mol. The molecule has 5 nitrogen and oxygen atoms in total. The lowest BCUT2D eigenvalue weighted by molar-refractivity contribution is -0.150. The molecule has 1 unspecified atom stereocenters. The van der Waals surface area contributed by atoms with Crippen molar-refractivity contribution in [1.82, 2.24) is 15.2 Å². The third-order valence-corrected chi connectivity index (χ3v) is 5.50. The molecule has 4 rings (SSSR count). The molecule has 0 aliphatic carbocycles. The number of pyridine rings is 1. The van der Waals surface area contributed by atoms with Gasteiger partial charge in [-0.3, -0.25) is 14.7 Å². The van der Waals surface area contributed by atoms with Crippen LogP contribution in [0.25, 0.3) is 10.9 Å². The molecule has 2 aliphatic heterocycles. The number of carbonyl (C=O) groups is 1. The third kappa shape index (κ3) is 3.39. The van der Waals surface area contributed by atoms with Crippen LogP contribution < -0.4 is 5.32 Å². The van der Waals surface area contributed by atoms with Gasteiger partial charge in [0.05, 0.1) is 10.9 Å². The smallest absolute Gasteiger partial charge is 0.312 e. The van der Waals surface area contributed by atoms with Crippen molar-refractivity contribution in [1.29, 1.82) is 0 Å². The van der Waals surface area contributed by atoms with E-state index in [1.165, 1.54) is 5.56 Å². The van der Waals surface area contributed by atoms with E-state index in [-0.39, 0.29) is 17.5 Å². The summed E-state index contributed by atoms with van der Waals surface area (Å²) in [7, 11) is 2.08. The fourth-order valence-electron chi connectivity index (χ4n) is 4.18. The Morgan fingerprint density at radius 3 is 2.96 bits per heavy atom. The molecule has 1 atom stereocenters. The number of nitrogens with zero attached hydrogens (tertiary/aromatic N) is 2. The first-order valence-corrected chi connectivity index (χ1v) is 9.09. The second-order valence-corrected chi connectivity index (χ2v) is 7.49. The lowest BCUT2D eigenvalue weighted by atomic mass is 9.76. The summed E-state index contributed by atoms with van der Waals surface area (Å²) in [4.78, 5) is 19.1. The minimum absolute atomic E-state index is 0.00372. The van der Waals surface area contributed by atoms with Gasteiger partial charge in [0.1, 0.15) is 6.10 Å². The number of carbonyl (C=O) groups excluding carboxylic acids is 1. The first kappa shape index (κ1) is 16.5. The van der Waals surface area contributed by atoms with Crippen LogP contribution in [0.15, 0.2) is 36.5 Å². The molecular formula is C20H25N3O2. The van der Waals surface area contributed by atoms with E-state index in [2.05, 4.69) is 34.4 Å². The Bertz CT molecular complexity index is 770. The molecule has 2 fully saturated rings. The molecule has 2 aromatic rings. The zero-order chi connectivity index (χ0) is 17.3. The highest BCUT2D eigenvalue weighted by molar-refractivity contribution is 5.79. The van der Waals surface area contributed by atoms with Crippen LogP contribution in [-0.2, 0) is 16.1 Å². The van der Waals surface area contributed by atoms with Crippen LogP contribution in [-0.4, -0.2) is 48.6 Å². The van der Waals surface area contributed by atoms with Crippen LogP contribution in [0.4, 0.5) is 0 Å². The van der Waals surface area contributed by atoms with Crippen LogP contribution >= 0.6 is 0 Å². The Morgan fingerprint density at radius 2 is 2.12 bits per heavy atom. The van der Waals surface area contributed by atoms with Crippen molar-refractivity contribution in [3.63, 3.8) is 0 Å². The maximum Gasteiger partial charge on any atom is 0.312 e. The standard InChI is InChI=1S/C20H25N3O2/c1-23(13-15-10-16-4-2-3-5-18(16)22-12-15)14-17-11-20(19(24)25-17)6-8-21-9-7-20/h2-5,10,12,17,21H,6-9,11,13-14H2,1H3. The number of piperidine rings is 1. The molecule has 0 amide bonds. The fraction of sp³-hybridized carbons (Fsp3) is 0.500. The van der Waals surface area contributed by atoms with Gasteiger partial charge in [-0.2, -0.15) is 0 Å². The largest absolute Gasteiger partial charge is 0.461 e. The average Bonchev–Trinajstić information content (AvgIpc) is 2.90. The van der Waals surface area contributed by atoms with E-state index in [0.29, 0.717) is 0 Å². The lowest BCUT2D eigenvalue weighted by Crippen LogP contribution is -2.39. The summed E-state index contributed by atoms with van der Waals surface area (Å²) in [6, 6.07) is 10.3. The minimum Gasteiger partial charge on any atom is -0.461 e. The predicted molar refractivity (Wildman–Crippen MR) is 97.1 cm³/mol. The highest BCUT2D eigenvalue weighted by Crippen LogP contribution is 2.41. The Balaban J connectivity index is 1.38. The molecule has 1 aromatic carbocycles. The van der Waals surface area contributed by atoms with E-state index in [9.17, 15) is 4.79 Å². The number of para-hydroxylation sites is 1. The quantitative estimate of drug-likeness (QED) is 0.867. The van der Waals surface area contributed by atoms with Gasteiger partial charge >= 0.3 is 5.97 Å². The minimum atomic E-state index is -0.235. The molecule has 5 heteroatoms. The molecule has 0 saturated carbocycles. The topological polar surface area (TPSA) is 54.5 Å². The highest BCUT2D eigenvalue weighted by atomic mass is 16.6. The Morgan fingerprint density at radius 1 is 1.32 bits per heavy atom. The van der Waals surface area contributed by atoms with Crippen LogP contribution in [0.2, 0.25) is 0 Å². The van der Waals surface area contributed by atoms with Gasteiger partial charge in [-0.1, -0.05) is 18.2 Å². The Hall–Kier alpha value is -1.98. The van der Waals surface area contributed by atoms with Gasteiger partial charge in [-0.25, -0.2) is 0 Å². The van der Waals surface area contributed by atoms with Gasteiger partial charge in [0.2, 0.25) is 0 Å². The van der Waals surface area contributed by atoms with Crippen molar-refractivity contribution in [3.8, 4) is 0 Å². The van der Waals surface area contributed by atoms with Gasteiger partial charge in [0.25, 0.3) is 0 Å². The molecule has 2 aliphatic rings. The number of aromatic nitrogens is 1. The number of rotatable bonds is 4. The number of hydrogen-bond donors (Lipinski definition) is 1. The number of cyclic esters (lactones) is 1. The number of benzene rings is 1. The van der Waals surface area contributed by atoms with E-state index in [4.69, 9.17) is 4.74 Å². The molecule has 3 heterocycles. The molecule has 1 spiro atoms. The normalized spacial score (nSPS) is 22.6. The molecule has 1 aromatic heterocycles. The first-order valence-electron chi connectivity index (χ1n) is 9.09. The molecule has 1 N–H and O–H groups in total. The Labute approximate surface area is 148 Å².